The highest BCUT2D eigenvalue weighted by molar-refractivity contribution is 6.15. The fourth-order valence-electron chi connectivity index (χ4n) is 3.89. The van der Waals surface area contributed by atoms with Gasteiger partial charge in [0.1, 0.15) is 22.3 Å². The van der Waals surface area contributed by atoms with E-state index in [-0.39, 0.29) is 0 Å². The third kappa shape index (κ3) is 1.71. The highest BCUT2D eigenvalue weighted by Gasteiger charge is 2.17. The number of aryl methyl sites for hydroxylation is 1. The first-order chi connectivity index (χ1) is 11.6. The smallest absolute Gasteiger partial charge is 0.139 e. The molecular weight excluding hydrogens is 296 g/mol. The average molecular weight is 314 g/mol. The molecule has 5 rings (SSSR count). The van der Waals surface area contributed by atoms with E-state index in [1.165, 1.54) is 16.5 Å². The molecule has 0 radical (unpaired) electrons. The summed E-state index contributed by atoms with van der Waals surface area (Å²) < 4.78 is 12.3. The molecule has 0 saturated heterocycles. The van der Waals surface area contributed by atoms with E-state index >= 15 is 0 Å². The highest BCUT2D eigenvalue weighted by atomic mass is 16.3. The lowest BCUT2D eigenvalue weighted by molar-refractivity contribution is 0.654. The number of rotatable bonds is 1. The zero-order valence-electron chi connectivity index (χ0n) is 14.0. The number of hydrogen-bond acceptors (Lipinski definition) is 2. The van der Waals surface area contributed by atoms with Crippen molar-refractivity contribution in [1.82, 2.24) is 0 Å². The van der Waals surface area contributed by atoms with Crippen molar-refractivity contribution in [3.8, 4) is 0 Å². The molecule has 0 amide bonds. The lowest BCUT2D eigenvalue weighted by Gasteiger charge is -2.09. The molecule has 0 unspecified atom stereocenters. The Bertz CT molecular complexity index is 1240. The van der Waals surface area contributed by atoms with E-state index in [1.54, 1.807) is 0 Å². The second-order valence-corrected chi connectivity index (χ2v) is 6.87. The lowest BCUT2D eigenvalue weighted by atomic mass is 9.95. The monoisotopic (exact) mass is 314 g/mol. The molecule has 2 heterocycles. The molecule has 0 N–H and O–H groups in total. The van der Waals surface area contributed by atoms with Crippen LogP contribution in [0.5, 0.6) is 0 Å². The summed E-state index contributed by atoms with van der Waals surface area (Å²) >= 11 is 0. The van der Waals surface area contributed by atoms with Crippen LogP contribution in [0, 0.1) is 6.92 Å². The van der Waals surface area contributed by atoms with Crippen molar-refractivity contribution in [2.75, 3.05) is 0 Å². The standard InChI is InChI=1S/C22H18O2/c1-12(2)21-13(3)8-9-15-17-11-19-16(10-20(17)24-22(15)21)14-6-4-5-7-18(14)23-19/h4-12H,1-3H3. The molecular formula is C22H18O2. The second-order valence-electron chi connectivity index (χ2n) is 6.87. The third-order valence-electron chi connectivity index (χ3n) is 4.97. The molecule has 0 saturated carbocycles. The zero-order valence-corrected chi connectivity index (χ0v) is 14.0. The molecule has 118 valence electrons. The molecule has 0 atom stereocenters. The van der Waals surface area contributed by atoms with Crippen molar-refractivity contribution in [2.24, 2.45) is 0 Å². The summed E-state index contributed by atoms with van der Waals surface area (Å²) in [6.45, 7) is 6.59. The van der Waals surface area contributed by atoms with Gasteiger partial charge in [0.05, 0.1) is 0 Å². The van der Waals surface area contributed by atoms with E-state index in [9.17, 15) is 0 Å². The fraction of sp³-hybridized carbons (Fsp3) is 0.182. The molecule has 0 aliphatic rings. The van der Waals surface area contributed by atoms with Crippen molar-refractivity contribution in [3.05, 3.63) is 59.7 Å². The van der Waals surface area contributed by atoms with E-state index < -0.39 is 0 Å². The minimum Gasteiger partial charge on any atom is -0.456 e. The summed E-state index contributed by atoms with van der Waals surface area (Å²) in [6, 6.07) is 16.7. The quantitative estimate of drug-likeness (QED) is 0.336. The van der Waals surface area contributed by atoms with E-state index in [0.717, 1.165) is 38.5 Å². The molecule has 2 nitrogen and oxygen atoms in total. The molecule has 0 bridgehead atoms. The van der Waals surface area contributed by atoms with Crippen LogP contribution in [0.1, 0.15) is 30.9 Å². The van der Waals surface area contributed by atoms with Gasteiger partial charge in [0.2, 0.25) is 0 Å². The van der Waals surface area contributed by atoms with Crippen LogP contribution in [0.2, 0.25) is 0 Å². The topological polar surface area (TPSA) is 26.3 Å². The predicted octanol–water partition coefficient (Wildman–Crippen LogP) is 6.92. The van der Waals surface area contributed by atoms with Gasteiger partial charge in [0.15, 0.2) is 0 Å². The maximum absolute atomic E-state index is 6.31. The highest BCUT2D eigenvalue weighted by Crippen LogP contribution is 2.39. The van der Waals surface area contributed by atoms with Gasteiger partial charge in [-0.15, -0.1) is 0 Å². The largest absolute Gasteiger partial charge is 0.456 e. The minimum absolute atomic E-state index is 0.429. The maximum Gasteiger partial charge on any atom is 0.139 e. The summed E-state index contributed by atoms with van der Waals surface area (Å²) in [5.41, 5.74) is 6.35. The van der Waals surface area contributed by atoms with Crippen LogP contribution in [0.4, 0.5) is 0 Å². The molecule has 0 fully saturated rings. The van der Waals surface area contributed by atoms with Gasteiger partial charge >= 0.3 is 0 Å². The van der Waals surface area contributed by atoms with Crippen molar-refractivity contribution in [3.63, 3.8) is 0 Å². The third-order valence-corrected chi connectivity index (χ3v) is 4.97. The summed E-state index contributed by atoms with van der Waals surface area (Å²) in [6.07, 6.45) is 0. The predicted molar refractivity (Wildman–Crippen MR) is 99.8 cm³/mol. The Kier molecular flexibility index (Phi) is 2.64. The molecule has 0 spiro atoms. The number of furan rings is 2. The van der Waals surface area contributed by atoms with Crippen LogP contribution < -0.4 is 0 Å². The van der Waals surface area contributed by atoms with Gasteiger partial charge in [-0.25, -0.2) is 0 Å². The average Bonchev–Trinajstić information content (AvgIpc) is 3.09. The van der Waals surface area contributed by atoms with E-state index in [4.69, 9.17) is 8.83 Å². The van der Waals surface area contributed by atoms with Crippen molar-refractivity contribution in [1.29, 1.82) is 0 Å². The van der Waals surface area contributed by atoms with Gasteiger partial charge in [0.25, 0.3) is 0 Å². The first kappa shape index (κ1) is 13.7. The summed E-state index contributed by atoms with van der Waals surface area (Å²) in [5.74, 6) is 0.429. The number of benzene rings is 3. The zero-order chi connectivity index (χ0) is 16.4. The fourth-order valence-corrected chi connectivity index (χ4v) is 3.89. The van der Waals surface area contributed by atoms with Gasteiger partial charge in [-0.3, -0.25) is 0 Å². The molecule has 0 aliphatic carbocycles. The van der Waals surface area contributed by atoms with Crippen molar-refractivity contribution >= 4 is 43.9 Å². The second kappa shape index (κ2) is 4.64. The Labute approximate surface area is 139 Å². The Hall–Kier alpha value is -2.74. The number of fused-ring (bicyclic) bond motifs is 6. The number of para-hydroxylation sites is 1. The SMILES string of the molecule is Cc1ccc2c(oc3cc4c(cc32)oc2ccccc24)c1C(C)C. The normalized spacial score (nSPS) is 12.3. The van der Waals surface area contributed by atoms with Crippen LogP contribution >= 0.6 is 0 Å². The van der Waals surface area contributed by atoms with Gasteiger partial charge in [-0.1, -0.05) is 44.2 Å². The van der Waals surface area contributed by atoms with Gasteiger partial charge < -0.3 is 8.83 Å². The van der Waals surface area contributed by atoms with E-state index in [0.29, 0.717) is 5.92 Å². The summed E-state index contributed by atoms with van der Waals surface area (Å²) in [5, 5.41) is 4.54. The Morgan fingerprint density at radius 2 is 1.42 bits per heavy atom. The van der Waals surface area contributed by atoms with Crippen LogP contribution in [-0.2, 0) is 0 Å². The lowest BCUT2D eigenvalue weighted by Crippen LogP contribution is -1.92. The first-order valence-corrected chi connectivity index (χ1v) is 8.40. The maximum atomic E-state index is 6.31. The van der Waals surface area contributed by atoms with Gasteiger partial charge in [0, 0.05) is 27.1 Å². The van der Waals surface area contributed by atoms with Gasteiger partial charge in [-0.2, -0.15) is 0 Å². The van der Waals surface area contributed by atoms with Crippen molar-refractivity contribution < 1.29 is 8.83 Å². The van der Waals surface area contributed by atoms with Crippen LogP contribution in [0.15, 0.2) is 57.4 Å². The Balaban J connectivity index is 1.96. The Morgan fingerprint density at radius 1 is 0.708 bits per heavy atom. The van der Waals surface area contributed by atoms with Crippen molar-refractivity contribution in [2.45, 2.75) is 26.7 Å². The Morgan fingerprint density at radius 3 is 2.21 bits per heavy atom. The molecule has 3 aromatic carbocycles. The first-order valence-electron chi connectivity index (χ1n) is 8.40. The minimum atomic E-state index is 0.429. The van der Waals surface area contributed by atoms with Gasteiger partial charge in [-0.05, 0) is 36.6 Å². The van der Waals surface area contributed by atoms with Crippen LogP contribution in [-0.4, -0.2) is 0 Å². The molecule has 2 aromatic heterocycles. The van der Waals surface area contributed by atoms with E-state index in [1.807, 2.05) is 18.2 Å². The van der Waals surface area contributed by atoms with Crippen LogP contribution in [0.25, 0.3) is 43.9 Å². The molecule has 0 aliphatic heterocycles. The summed E-state index contributed by atoms with van der Waals surface area (Å²) in [7, 11) is 0. The van der Waals surface area contributed by atoms with Crippen LogP contribution in [0.3, 0.4) is 0 Å². The molecule has 2 heteroatoms. The molecule has 5 aromatic rings. The number of hydrogen-bond donors (Lipinski definition) is 0. The van der Waals surface area contributed by atoms with E-state index in [2.05, 4.69) is 51.1 Å². The molecule has 24 heavy (non-hydrogen) atoms. The summed E-state index contributed by atoms with van der Waals surface area (Å²) in [4.78, 5) is 0.